The van der Waals surface area contributed by atoms with Gasteiger partial charge in [-0.1, -0.05) is 23.4 Å². The number of oxime groups is 1. The number of nitrogen functional groups attached to an aromatic ring is 1. The molecule has 0 aliphatic rings. The maximum atomic E-state index is 11.0. The van der Waals surface area contributed by atoms with E-state index in [-0.39, 0.29) is 11.8 Å². The van der Waals surface area contributed by atoms with Gasteiger partial charge in [-0.05, 0) is 12.1 Å². The van der Waals surface area contributed by atoms with Gasteiger partial charge in [-0.15, -0.1) is 5.10 Å². The molecule has 0 saturated carbocycles. The molecular weight excluding hydrogens is 250 g/mol. The number of nitrogens with zero attached hydrogens (tertiary/aromatic N) is 4. The van der Waals surface area contributed by atoms with Crippen LogP contribution >= 0.6 is 0 Å². The van der Waals surface area contributed by atoms with Crippen LogP contribution < -0.4 is 5.73 Å². The molecule has 3 N–H and O–H groups in total. The van der Waals surface area contributed by atoms with E-state index in [2.05, 4.69) is 20.1 Å². The van der Waals surface area contributed by atoms with Gasteiger partial charge in [0.25, 0.3) is 0 Å². The Hall–Kier alpha value is -2.90. The van der Waals surface area contributed by atoms with Crippen LogP contribution in [0.15, 0.2) is 35.5 Å². The molecule has 0 amide bonds. The van der Waals surface area contributed by atoms with Gasteiger partial charge < -0.3 is 15.7 Å². The molecule has 2 aromatic rings. The highest BCUT2D eigenvalue weighted by Gasteiger charge is 2.21. The van der Waals surface area contributed by atoms with E-state index in [9.17, 15) is 4.79 Å². The summed E-state index contributed by atoms with van der Waals surface area (Å²) in [5.74, 6) is -1.35. The minimum Gasteiger partial charge on any atom is -0.476 e. The molecule has 8 nitrogen and oxygen atoms in total. The fraction of sp³-hybridized carbons (Fsp3) is 0.0909. The third-order valence-electron chi connectivity index (χ3n) is 2.23. The highest BCUT2D eigenvalue weighted by Crippen LogP contribution is 2.11. The number of carbonyl (C=O) groups is 1. The van der Waals surface area contributed by atoms with Crippen LogP contribution in [0.3, 0.4) is 0 Å². The topological polar surface area (TPSA) is 116 Å². The number of hydrogen-bond acceptors (Lipinski definition) is 6. The summed E-state index contributed by atoms with van der Waals surface area (Å²) in [4.78, 5) is 19.3. The summed E-state index contributed by atoms with van der Waals surface area (Å²) in [7, 11) is 1.24. The lowest BCUT2D eigenvalue weighted by Gasteiger charge is -2.00. The third kappa shape index (κ3) is 2.51. The molecule has 0 fully saturated rings. The lowest BCUT2D eigenvalue weighted by atomic mass is 10.3. The van der Waals surface area contributed by atoms with Gasteiger partial charge in [-0.3, -0.25) is 0 Å². The zero-order chi connectivity index (χ0) is 13.8. The van der Waals surface area contributed by atoms with Crippen molar-refractivity contribution in [3.05, 3.63) is 36.2 Å². The molecule has 0 bridgehead atoms. The number of anilines is 1. The van der Waals surface area contributed by atoms with Crippen LogP contribution in [0.5, 0.6) is 0 Å². The van der Waals surface area contributed by atoms with Crippen LogP contribution in [0, 0.1) is 0 Å². The summed E-state index contributed by atoms with van der Waals surface area (Å²) in [6, 6.07) is 8.98. The van der Waals surface area contributed by atoms with Crippen molar-refractivity contribution in [3.63, 3.8) is 0 Å². The van der Waals surface area contributed by atoms with Crippen molar-refractivity contribution in [1.82, 2.24) is 14.8 Å². The van der Waals surface area contributed by atoms with Crippen LogP contribution in [-0.2, 0) is 9.63 Å². The zero-order valence-electron chi connectivity index (χ0n) is 10.0. The van der Waals surface area contributed by atoms with Crippen LogP contribution in [0.25, 0.3) is 5.69 Å². The Labute approximate surface area is 108 Å². The SMILES string of the molecule is CO/N=C(\C(=O)O)c1nc(N)n(-c2ccccc2)n1. The number of nitrogens with two attached hydrogens (primary N) is 1. The lowest BCUT2D eigenvalue weighted by molar-refractivity contribution is -0.129. The molecule has 1 aromatic carbocycles. The fourth-order valence-corrected chi connectivity index (χ4v) is 1.45. The minimum atomic E-state index is -1.30. The molecule has 8 heteroatoms. The van der Waals surface area contributed by atoms with Crippen molar-refractivity contribution >= 4 is 17.6 Å². The largest absolute Gasteiger partial charge is 0.476 e. The van der Waals surface area contributed by atoms with Gasteiger partial charge in [-0.25, -0.2) is 4.79 Å². The highest BCUT2D eigenvalue weighted by atomic mass is 16.6. The van der Waals surface area contributed by atoms with E-state index in [0.29, 0.717) is 5.69 Å². The molecule has 0 radical (unpaired) electrons. The highest BCUT2D eigenvalue weighted by molar-refractivity contribution is 6.41. The predicted octanol–water partition coefficient (Wildman–Crippen LogP) is 0.285. The van der Waals surface area contributed by atoms with E-state index in [4.69, 9.17) is 10.8 Å². The minimum absolute atomic E-state index is 0.0613. The number of carboxylic acids is 1. The summed E-state index contributed by atoms with van der Waals surface area (Å²) < 4.78 is 1.32. The second kappa shape index (κ2) is 5.17. The van der Waals surface area contributed by atoms with Gasteiger partial charge >= 0.3 is 5.97 Å². The molecule has 0 saturated heterocycles. The second-order valence-electron chi connectivity index (χ2n) is 3.47. The monoisotopic (exact) mass is 261 g/mol. The summed E-state index contributed by atoms with van der Waals surface area (Å²) in [6.07, 6.45) is 0. The van der Waals surface area contributed by atoms with Gasteiger partial charge in [0.1, 0.15) is 7.11 Å². The average Bonchev–Trinajstić information content (AvgIpc) is 2.78. The van der Waals surface area contributed by atoms with E-state index in [1.165, 1.54) is 11.8 Å². The standard InChI is InChI=1S/C11H11N5O3/c1-19-15-8(10(17)18)9-13-11(12)16(14-9)7-5-3-2-4-6-7/h2-6H,1H3,(H,17,18)(H2,12,13,14)/b15-8-. The van der Waals surface area contributed by atoms with Gasteiger partial charge in [0, 0.05) is 0 Å². The first kappa shape index (κ1) is 12.6. The Balaban J connectivity index is 2.47. The molecule has 98 valence electrons. The van der Waals surface area contributed by atoms with Crippen LogP contribution in [0.2, 0.25) is 0 Å². The Morgan fingerprint density at radius 1 is 1.42 bits per heavy atom. The van der Waals surface area contributed by atoms with Crippen LogP contribution in [0.1, 0.15) is 5.82 Å². The van der Waals surface area contributed by atoms with Gasteiger partial charge in [0.2, 0.25) is 17.5 Å². The Morgan fingerprint density at radius 3 is 2.68 bits per heavy atom. The van der Waals surface area contributed by atoms with E-state index >= 15 is 0 Å². The summed E-state index contributed by atoms with van der Waals surface area (Å²) >= 11 is 0. The first-order valence-corrected chi connectivity index (χ1v) is 5.26. The summed E-state index contributed by atoms with van der Waals surface area (Å²) in [5.41, 5.74) is 5.96. The fourth-order valence-electron chi connectivity index (χ4n) is 1.45. The van der Waals surface area contributed by atoms with E-state index in [1.54, 1.807) is 24.3 Å². The molecule has 1 aromatic heterocycles. The Morgan fingerprint density at radius 2 is 2.11 bits per heavy atom. The number of rotatable bonds is 4. The third-order valence-corrected chi connectivity index (χ3v) is 2.23. The molecule has 0 aliphatic heterocycles. The quantitative estimate of drug-likeness (QED) is 0.603. The number of aromatic nitrogens is 3. The van der Waals surface area contributed by atoms with Crippen molar-refractivity contribution in [2.24, 2.45) is 5.16 Å². The van der Waals surface area contributed by atoms with Crippen molar-refractivity contribution < 1.29 is 14.7 Å². The number of hydrogen-bond donors (Lipinski definition) is 2. The molecule has 0 atom stereocenters. The maximum absolute atomic E-state index is 11.0. The van der Waals surface area contributed by atoms with E-state index < -0.39 is 11.7 Å². The first-order valence-electron chi connectivity index (χ1n) is 5.26. The lowest BCUT2D eigenvalue weighted by Crippen LogP contribution is -2.17. The van der Waals surface area contributed by atoms with Crippen molar-refractivity contribution in [2.45, 2.75) is 0 Å². The van der Waals surface area contributed by atoms with Crippen molar-refractivity contribution in [3.8, 4) is 5.69 Å². The molecule has 0 aliphatic carbocycles. The molecule has 2 rings (SSSR count). The van der Waals surface area contributed by atoms with E-state index in [1.807, 2.05) is 6.07 Å². The molecular formula is C11H11N5O3. The summed E-state index contributed by atoms with van der Waals surface area (Å²) in [6.45, 7) is 0. The van der Waals surface area contributed by atoms with Gasteiger partial charge in [0.15, 0.2) is 0 Å². The number of carboxylic acid groups (broad SMARTS) is 1. The van der Waals surface area contributed by atoms with Gasteiger partial charge in [-0.2, -0.15) is 9.67 Å². The second-order valence-corrected chi connectivity index (χ2v) is 3.47. The summed E-state index contributed by atoms with van der Waals surface area (Å²) in [5, 5.41) is 16.4. The number of benzene rings is 1. The normalized spacial score (nSPS) is 11.3. The molecule has 0 spiro atoms. The van der Waals surface area contributed by atoms with Crippen LogP contribution in [-0.4, -0.2) is 38.7 Å². The zero-order valence-corrected chi connectivity index (χ0v) is 10.0. The number of aliphatic carboxylic acids is 1. The number of para-hydroxylation sites is 1. The predicted molar refractivity (Wildman–Crippen MR) is 67.0 cm³/mol. The van der Waals surface area contributed by atoms with Crippen molar-refractivity contribution in [2.75, 3.05) is 12.8 Å². The molecule has 0 unspecified atom stereocenters. The molecule has 19 heavy (non-hydrogen) atoms. The smallest absolute Gasteiger partial charge is 0.362 e. The average molecular weight is 261 g/mol. The first-order chi connectivity index (χ1) is 9.13. The van der Waals surface area contributed by atoms with E-state index in [0.717, 1.165) is 0 Å². The van der Waals surface area contributed by atoms with Crippen LogP contribution in [0.4, 0.5) is 5.95 Å². The van der Waals surface area contributed by atoms with Gasteiger partial charge in [0.05, 0.1) is 5.69 Å². The maximum Gasteiger partial charge on any atom is 0.362 e. The Bertz CT molecular complexity index is 621. The Kier molecular flexibility index (Phi) is 3.42. The molecule has 1 heterocycles. The van der Waals surface area contributed by atoms with Crippen molar-refractivity contribution in [1.29, 1.82) is 0 Å².